The molecule has 0 saturated carbocycles. The summed E-state index contributed by atoms with van der Waals surface area (Å²) in [4.78, 5) is 16.2. The first-order valence-corrected chi connectivity index (χ1v) is 7.06. The first-order valence-electron chi connectivity index (χ1n) is 7.06. The quantitative estimate of drug-likeness (QED) is 0.802. The second-order valence-electron chi connectivity index (χ2n) is 5.08. The van der Waals surface area contributed by atoms with E-state index in [4.69, 9.17) is 0 Å². The zero-order valence-electron chi connectivity index (χ0n) is 11.9. The predicted molar refractivity (Wildman–Crippen MR) is 83.7 cm³/mol. The monoisotopic (exact) mass is 294 g/mol. The molecule has 0 bridgehead atoms. The van der Waals surface area contributed by atoms with E-state index in [2.05, 4.69) is 10.3 Å². The van der Waals surface area contributed by atoms with Crippen molar-refractivity contribution in [2.45, 2.75) is 13.0 Å². The number of fused-ring (bicyclic) bond motifs is 1. The van der Waals surface area contributed by atoms with Crippen LogP contribution in [-0.4, -0.2) is 10.9 Å². The Bertz CT molecular complexity index is 817. The molecule has 0 unspecified atom stereocenters. The molecule has 0 radical (unpaired) electrons. The van der Waals surface area contributed by atoms with Crippen LogP contribution in [0.5, 0.6) is 0 Å². The molecular weight excluding hydrogens is 279 g/mol. The van der Waals surface area contributed by atoms with E-state index in [0.29, 0.717) is 12.1 Å². The van der Waals surface area contributed by atoms with Gasteiger partial charge in [-0.1, -0.05) is 36.4 Å². The Morgan fingerprint density at radius 3 is 2.73 bits per heavy atom. The van der Waals surface area contributed by atoms with Crippen LogP contribution in [0.4, 0.5) is 4.39 Å². The molecule has 4 heteroatoms. The normalized spacial score (nSPS) is 10.6. The molecule has 1 amide bonds. The van der Waals surface area contributed by atoms with Crippen molar-refractivity contribution in [3.8, 4) is 0 Å². The molecule has 0 saturated heterocycles. The van der Waals surface area contributed by atoms with Crippen LogP contribution in [0.3, 0.4) is 0 Å². The average Bonchev–Trinajstić information content (AvgIpc) is 2.55. The molecule has 1 N–H and O–H groups in total. The second kappa shape index (κ2) is 6.35. The molecule has 1 aromatic heterocycles. The summed E-state index contributed by atoms with van der Waals surface area (Å²) < 4.78 is 13.5. The summed E-state index contributed by atoms with van der Waals surface area (Å²) in [5.74, 6) is -0.566. The number of benzene rings is 2. The molecule has 0 atom stereocenters. The van der Waals surface area contributed by atoms with Gasteiger partial charge in [-0.3, -0.25) is 9.78 Å². The van der Waals surface area contributed by atoms with Crippen molar-refractivity contribution in [2.24, 2.45) is 0 Å². The van der Waals surface area contributed by atoms with Gasteiger partial charge >= 0.3 is 0 Å². The number of aromatic nitrogens is 1. The van der Waals surface area contributed by atoms with Gasteiger partial charge in [0.1, 0.15) is 5.82 Å². The highest BCUT2D eigenvalue weighted by molar-refractivity contribution is 5.80. The maximum Gasteiger partial charge on any atom is 0.224 e. The third kappa shape index (κ3) is 3.28. The van der Waals surface area contributed by atoms with Crippen LogP contribution in [0.25, 0.3) is 10.9 Å². The predicted octanol–water partition coefficient (Wildman–Crippen LogP) is 3.23. The summed E-state index contributed by atoms with van der Waals surface area (Å²) in [6.45, 7) is 0.380. The summed E-state index contributed by atoms with van der Waals surface area (Å²) in [6, 6.07) is 16.1. The van der Waals surface area contributed by atoms with E-state index in [9.17, 15) is 9.18 Å². The van der Waals surface area contributed by atoms with Gasteiger partial charge in [-0.2, -0.15) is 0 Å². The van der Waals surface area contributed by atoms with Crippen molar-refractivity contribution in [3.63, 3.8) is 0 Å². The lowest BCUT2D eigenvalue weighted by Crippen LogP contribution is -2.25. The van der Waals surface area contributed by atoms with Gasteiger partial charge in [0.15, 0.2) is 0 Å². The molecule has 3 aromatic rings. The molecular formula is C18H15FN2O. The Hall–Kier alpha value is -2.75. The van der Waals surface area contributed by atoms with Gasteiger partial charge < -0.3 is 5.32 Å². The lowest BCUT2D eigenvalue weighted by molar-refractivity contribution is -0.120. The molecule has 0 aliphatic carbocycles. The number of pyridine rings is 1. The highest BCUT2D eigenvalue weighted by Crippen LogP contribution is 2.12. The number of carbonyl (C=O) groups is 1. The van der Waals surface area contributed by atoms with E-state index in [-0.39, 0.29) is 18.1 Å². The van der Waals surface area contributed by atoms with Crippen molar-refractivity contribution in [2.75, 3.05) is 0 Å². The fraction of sp³-hybridized carbons (Fsp3) is 0.111. The van der Waals surface area contributed by atoms with Crippen LogP contribution in [0.15, 0.2) is 60.8 Å². The maximum absolute atomic E-state index is 13.5. The minimum atomic E-state index is -0.356. The molecule has 1 heterocycles. The summed E-state index contributed by atoms with van der Waals surface area (Å²) in [5.41, 5.74) is 2.24. The largest absolute Gasteiger partial charge is 0.352 e. The smallest absolute Gasteiger partial charge is 0.224 e. The molecule has 22 heavy (non-hydrogen) atoms. The Kier molecular flexibility index (Phi) is 4.10. The molecule has 0 spiro atoms. The van der Waals surface area contributed by atoms with Crippen LogP contribution < -0.4 is 5.32 Å². The lowest BCUT2D eigenvalue weighted by atomic mass is 10.1. The number of para-hydroxylation sites is 1. The minimum Gasteiger partial charge on any atom is -0.352 e. The van der Waals surface area contributed by atoms with Gasteiger partial charge in [-0.05, 0) is 29.3 Å². The first-order chi connectivity index (χ1) is 10.7. The van der Waals surface area contributed by atoms with Crippen LogP contribution in [0, 0.1) is 5.82 Å². The Morgan fingerprint density at radius 2 is 1.86 bits per heavy atom. The fourth-order valence-corrected chi connectivity index (χ4v) is 2.29. The van der Waals surface area contributed by atoms with E-state index in [1.165, 1.54) is 6.07 Å². The van der Waals surface area contributed by atoms with Crippen molar-refractivity contribution >= 4 is 16.8 Å². The second-order valence-corrected chi connectivity index (χ2v) is 5.08. The highest BCUT2D eigenvalue weighted by Gasteiger charge is 2.07. The third-order valence-electron chi connectivity index (χ3n) is 3.45. The van der Waals surface area contributed by atoms with Crippen molar-refractivity contribution in [3.05, 3.63) is 77.7 Å². The van der Waals surface area contributed by atoms with Crippen molar-refractivity contribution in [1.29, 1.82) is 0 Å². The summed E-state index contributed by atoms with van der Waals surface area (Å²) in [5, 5.41) is 3.82. The summed E-state index contributed by atoms with van der Waals surface area (Å²) >= 11 is 0. The van der Waals surface area contributed by atoms with Gasteiger partial charge in [0.25, 0.3) is 0 Å². The van der Waals surface area contributed by atoms with E-state index in [1.54, 1.807) is 24.4 Å². The Labute approximate surface area is 127 Å². The van der Waals surface area contributed by atoms with Crippen LogP contribution in [-0.2, 0) is 17.8 Å². The molecule has 2 aromatic carbocycles. The third-order valence-corrected chi connectivity index (χ3v) is 3.45. The average molecular weight is 294 g/mol. The van der Waals surface area contributed by atoms with Crippen LogP contribution >= 0.6 is 0 Å². The number of nitrogens with zero attached hydrogens (tertiary/aromatic N) is 1. The van der Waals surface area contributed by atoms with E-state index in [1.807, 2.05) is 30.3 Å². The summed E-state index contributed by atoms with van der Waals surface area (Å²) in [6.07, 6.45) is 1.78. The summed E-state index contributed by atoms with van der Waals surface area (Å²) in [7, 11) is 0. The molecule has 0 aliphatic rings. The lowest BCUT2D eigenvalue weighted by Gasteiger charge is -2.07. The molecule has 0 fully saturated rings. The number of amides is 1. The molecule has 110 valence electrons. The molecule has 0 aliphatic heterocycles. The number of nitrogens with one attached hydrogen (secondary N) is 1. The maximum atomic E-state index is 13.5. The minimum absolute atomic E-state index is 0.0354. The molecule has 3 rings (SSSR count). The highest BCUT2D eigenvalue weighted by atomic mass is 19.1. The van der Waals surface area contributed by atoms with Crippen molar-refractivity contribution < 1.29 is 9.18 Å². The van der Waals surface area contributed by atoms with Crippen LogP contribution in [0.2, 0.25) is 0 Å². The van der Waals surface area contributed by atoms with Gasteiger partial charge in [0.05, 0.1) is 11.9 Å². The van der Waals surface area contributed by atoms with Gasteiger partial charge in [-0.15, -0.1) is 0 Å². The van der Waals surface area contributed by atoms with Gasteiger partial charge in [-0.25, -0.2) is 4.39 Å². The zero-order chi connectivity index (χ0) is 15.4. The SMILES string of the molecule is O=C(Cc1ccccc1F)NCc1cnc2ccccc2c1. The van der Waals surface area contributed by atoms with E-state index in [0.717, 1.165) is 16.5 Å². The van der Waals surface area contributed by atoms with Gasteiger partial charge in [0.2, 0.25) is 5.91 Å². The van der Waals surface area contributed by atoms with E-state index < -0.39 is 0 Å². The number of rotatable bonds is 4. The fourth-order valence-electron chi connectivity index (χ4n) is 2.29. The zero-order valence-corrected chi connectivity index (χ0v) is 11.9. The number of hydrogen-bond acceptors (Lipinski definition) is 2. The van der Waals surface area contributed by atoms with Crippen molar-refractivity contribution in [1.82, 2.24) is 10.3 Å². The topological polar surface area (TPSA) is 42.0 Å². The Morgan fingerprint density at radius 1 is 1.09 bits per heavy atom. The first kappa shape index (κ1) is 14.2. The Balaban J connectivity index is 1.63. The number of halogens is 1. The number of carbonyl (C=O) groups excluding carboxylic acids is 1. The standard InChI is InChI=1S/C18H15FN2O/c19-16-7-3-1-5-14(16)10-18(22)21-12-13-9-15-6-2-4-8-17(15)20-11-13/h1-9,11H,10,12H2,(H,21,22). The number of hydrogen-bond donors (Lipinski definition) is 1. The van der Waals surface area contributed by atoms with Gasteiger partial charge in [0, 0.05) is 18.1 Å². The molecule has 3 nitrogen and oxygen atoms in total. The van der Waals surface area contributed by atoms with Crippen LogP contribution in [0.1, 0.15) is 11.1 Å². The van der Waals surface area contributed by atoms with E-state index >= 15 is 0 Å².